The first-order valence-electron chi connectivity index (χ1n) is 6.50. The minimum atomic E-state index is -3.39. The van der Waals surface area contributed by atoms with E-state index in [0.29, 0.717) is 36.9 Å². The molecule has 0 saturated carbocycles. The molecule has 0 unspecified atom stereocenters. The fraction of sp³-hybridized carbons (Fsp3) is 0.583. The number of hydrogen-bond acceptors (Lipinski definition) is 4. The highest BCUT2D eigenvalue weighted by Gasteiger charge is 2.30. The summed E-state index contributed by atoms with van der Waals surface area (Å²) in [7, 11) is -0.377. The van der Waals surface area contributed by atoms with Gasteiger partial charge in [0.2, 0.25) is 5.91 Å². The second kappa shape index (κ2) is 6.62. The van der Waals surface area contributed by atoms with Crippen LogP contribution in [0.25, 0.3) is 0 Å². The Morgan fingerprint density at radius 3 is 2.38 bits per heavy atom. The highest BCUT2D eigenvalue weighted by Crippen LogP contribution is 2.22. The Labute approximate surface area is 134 Å². The van der Waals surface area contributed by atoms with Gasteiger partial charge in [0.15, 0.2) is 0 Å². The van der Waals surface area contributed by atoms with E-state index in [1.807, 2.05) is 6.07 Å². The standard InChI is InChI=1S/C12H18ClN3O3S2/c1-14(2)21(18,19)16-7-5-15(6-8-16)12(17)9-10-3-4-11(13)20-10/h3-4H,5-9H2,1-2H3. The second-order valence-electron chi connectivity index (χ2n) is 4.95. The molecule has 2 heterocycles. The quantitative estimate of drug-likeness (QED) is 0.809. The topological polar surface area (TPSA) is 60.9 Å². The molecule has 0 N–H and O–H groups in total. The van der Waals surface area contributed by atoms with E-state index in [-0.39, 0.29) is 5.91 Å². The molecule has 0 aliphatic carbocycles. The van der Waals surface area contributed by atoms with E-state index in [4.69, 9.17) is 11.6 Å². The van der Waals surface area contributed by atoms with Crippen molar-refractivity contribution in [3.05, 3.63) is 21.3 Å². The van der Waals surface area contributed by atoms with Crippen LogP contribution in [-0.2, 0) is 21.4 Å². The molecule has 118 valence electrons. The summed E-state index contributed by atoms with van der Waals surface area (Å²) in [6.07, 6.45) is 0.317. The summed E-state index contributed by atoms with van der Waals surface area (Å²) in [5.41, 5.74) is 0. The third kappa shape index (κ3) is 3.95. The molecule has 1 amide bonds. The van der Waals surface area contributed by atoms with Gasteiger partial charge in [0.05, 0.1) is 10.8 Å². The van der Waals surface area contributed by atoms with E-state index in [2.05, 4.69) is 0 Å². The molecule has 1 aliphatic heterocycles. The normalized spacial score (nSPS) is 17.4. The highest BCUT2D eigenvalue weighted by molar-refractivity contribution is 7.86. The first-order chi connectivity index (χ1) is 9.80. The SMILES string of the molecule is CN(C)S(=O)(=O)N1CCN(C(=O)Cc2ccc(Cl)s2)CC1. The Kier molecular flexibility index (Phi) is 5.26. The van der Waals surface area contributed by atoms with E-state index >= 15 is 0 Å². The molecule has 2 rings (SSSR count). The van der Waals surface area contributed by atoms with E-state index in [9.17, 15) is 13.2 Å². The lowest BCUT2D eigenvalue weighted by Gasteiger charge is -2.35. The Hall–Kier alpha value is -0.670. The number of nitrogens with zero attached hydrogens (tertiary/aromatic N) is 3. The second-order valence-corrected chi connectivity index (χ2v) is 8.89. The highest BCUT2D eigenvalue weighted by atomic mass is 35.5. The van der Waals surface area contributed by atoms with Crippen molar-refractivity contribution < 1.29 is 13.2 Å². The smallest absolute Gasteiger partial charge is 0.281 e. The summed E-state index contributed by atoms with van der Waals surface area (Å²) in [6.45, 7) is 1.50. The maximum atomic E-state index is 12.2. The van der Waals surface area contributed by atoms with Crippen LogP contribution in [0.4, 0.5) is 0 Å². The lowest BCUT2D eigenvalue weighted by Crippen LogP contribution is -2.53. The van der Waals surface area contributed by atoms with Crippen LogP contribution in [0.1, 0.15) is 4.88 Å². The fourth-order valence-electron chi connectivity index (χ4n) is 2.11. The zero-order valence-corrected chi connectivity index (χ0v) is 14.3. The van der Waals surface area contributed by atoms with Crippen LogP contribution >= 0.6 is 22.9 Å². The predicted molar refractivity (Wildman–Crippen MR) is 83.8 cm³/mol. The minimum Gasteiger partial charge on any atom is -0.340 e. The molecule has 0 spiro atoms. The van der Waals surface area contributed by atoms with Crippen LogP contribution in [0, 0.1) is 0 Å². The van der Waals surface area contributed by atoms with Crippen LogP contribution in [0.2, 0.25) is 4.34 Å². The van der Waals surface area contributed by atoms with E-state index in [0.717, 1.165) is 4.88 Å². The molecule has 6 nitrogen and oxygen atoms in total. The predicted octanol–water partition coefficient (Wildman–Crippen LogP) is 0.895. The molecule has 1 saturated heterocycles. The number of rotatable bonds is 4. The Morgan fingerprint density at radius 1 is 1.29 bits per heavy atom. The number of halogens is 1. The van der Waals surface area contributed by atoms with E-state index in [1.54, 1.807) is 11.0 Å². The molecule has 0 atom stereocenters. The van der Waals surface area contributed by atoms with Gasteiger partial charge in [-0.05, 0) is 12.1 Å². The largest absolute Gasteiger partial charge is 0.340 e. The summed E-state index contributed by atoms with van der Waals surface area (Å²) < 4.78 is 27.2. The number of carbonyl (C=O) groups excluding carboxylic acids is 1. The molecule has 1 aliphatic rings. The van der Waals surface area contributed by atoms with Crippen LogP contribution < -0.4 is 0 Å². The monoisotopic (exact) mass is 351 g/mol. The third-order valence-corrected chi connectivity index (χ3v) is 6.51. The van der Waals surface area contributed by atoms with Gasteiger partial charge in [-0.3, -0.25) is 4.79 Å². The molecular formula is C12H18ClN3O3S2. The van der Waals surface area contributed by atoms with Gasteiger partial charge < -0.3 is 4.90 Å². The van der Waals surface area contributed by atoms with Crippen molar-refractivity contribution in [3.63, 3.8) is 0 Å². The molecule has 1 aromatic heterocycles. The van der Waals surface area contributed by atoms with E-state index < -0.39 is 10.2 Å². The van der Waals surface area contributed by atoms with Gasteiger partial charge in [0, 0.05) is 45.2 Å². The van der Waals surface area contributed by atoms with Gasteiger partial charge in [0.1, 0.15) is 0 Å². The van der Waals surface area contributed by atoms with Crippen molar-refractivity contribution in [2.45, 2.75) is 6.42 Å². The molecule has 0 aromatic carbocycles. The number of piperazine rings is 1. The van der Waals surface area contributed by atoms with Crippen molar-refractivity contribution in [3.8, 4) is 0 Å². The van der Waals surface area contributed by atoms with Gasteiger partial charge in [-0.1, -0.05) is 11.6 Å². The molecule has 9 heteroatoms. The van der Waals surface area contributed by atoms with Crippen molar-refractivity contribution >= 4 is 39.1 Å². The first-order valence-corrected chi connectivity index (χ1v) is 9.09. The van der Waals surface area contributed by atoms with Gasteiger partial charge in [-0.2, -0.15) is 17.0 Å². The molecule has 0 radical (unpaired) electrons. The fourth-order valence-corrected chi connectivity index (χ4v) is 4.27. The molecule has 1 fully saturated rings. The molecule has 1 aromatic rings. The van der Waals surface area contributed by atoms with Crippen LogP contribution in [-0.4, -0.2) is 68.1 Å². The molecule has 0 bridgehead atoms. The van der Waals surface area contributed by atoms with Crippen molar-refractivity contribution in [2.75, 3.05) is 40.3 Å². The van der Waals surface area contributed by atoms with Gasteiger partial charge in [-0.25, -0.2) is 0 Å². The van der Waals surface area contributed by atoms with E-state index in [1.165, 1.54) is 34.0 Å². The average molecular weight is 352 g/mol. The maximum Gasteiger partial charge on any atom is 0.281 e. The number of thiophene rings is 1. The van der Waals surface area contributed by atoms with Crippen molar-refractivity contribution in [2.24, 2.45) is 0 Å². The number of hydrogen-bond donors (Lipinski definition) is 0. The van der Waals surface area contributed by atoms with Crippen LogP contribution in [0.3, 0.4) is 0 Å². The number of carbonyl (C=O) groups is 1. The van der Waals surface area contributed by atoms with Gasteiger partial charge >= 0.3 is 0 Å². The summed E-state index contributed by atoms with van der Waals surface area (Å²) in [5, 5.41) is 0. The lowest BCUT2D eigenvalue weighted by molar-refractivity contribution is -0.131. The summed E-state index contributed by atoms with van der Waals surface area (Å²) in [5.74, 6) is 0.00965. The van der Waals surface area contributed by atoms with Crippen molar-refractivity contribution in [1.82, 2.24) is 13.5 Å². The van der Waals surface area contributed by atoms with Crippen LogP contribution in [0.15, 0.2) is 12.1 Å². The summed E-state index contributed by atoms with van der Waals surface area (Å²) >= 11 is 7.24. The third-order valence-electron chi connectivity index (χ3n) is 3.33. The van der Waals surface area contributed by atoms with Crippen molar-refractivity contribution in [1.29, 1.82) is 0 Å². The van der Waals surface area contributed by atoms with Gasteiger partial charge in [0.25, 0.3) is 10.2 Å². The average Bonchev–Trinajstić information content (AvgIpc) is 2.84. The Balaban J connectivity index is 1.90. The molecular weight excluding hydrogens is 334 g/mol. The van der Waals surface area contributed by atoms with Gasteiger partial charge in [-0.15, -0.1) is 11.3 Å². The zero-order valence-electron chi connectivity index (χ0n) is 12.0. The number of amides is 1. The summed E-state index contributed by atoms with van der Waals surface area (Å²) in [4.78, 5) is 14.8. The Bertz CT molecular complexity index is 607. The minimum absolute atomic E-state index is 0.00965. The summed E-state index contributed by atoms with van der Waals surface area (Å²) in [6, 6.07) is 3.62. The van der Waals surface area contributed by atoms with Crippen LogP contribution in [0.5, 0.6) is 0 Å². The first kappa shape index (κ1) is 16.7. The Morgan fingerprint density at radius 2 is 1.90 bits per heavy atom. The lowest BCUT2D eigenvalue weighted by atomic mass is 10.3. The maximum absolute atomic E-state index is 12.2. The molecule has 21 heavy (non-hydrogen) atoms. The zero-order chi connectivity index (χ0) is 15.6.